The van der Waals surface area contributed by atoms with Gasteiger partial charge in [-0.3, -0.25) is 14.4 Å². The summed E-state index contributed by atoms with van der Waals surface area (Å²) in [4.78, 5) is 44.0. The molecule has 0 saturated heterocycles. The number of aromatic amines is 1. The Morgan fingerprint density at radius 2 is 2.14 bits per heavy atom. The van der Waals surface area contributed by atoms with Crippen molar-refractivity contribution in [2.75, 3.05) is 16.4 Å². The Hall–Kier alpha value is -2.75. The van der Waals surface area contributed by atoms with E-state index < -0.39 is 34.9 Å². The number of hydrogen-bond donors (Lipinski definition) is 3. The number of nitrogens with zero attached hydrogens (tertiary/aromatic N) is 1. The molecule has 1 aliphatic rings. The molecule has 10 heteroatoms. The van der Waals surface area contributed by atoms with Gasteiger partial charge in [-0.1, -0.05) is 25.1 Å². The molecule has 1 aromatic carbocycles. The van der Waals surface area contributed by atoms with Crippen LogP contribution in [0.15, 0.2) is 28.2 Å². The van der Waals surface area contributed by atoms with Crippen molar-refractivity contribution in [1.82, 2.24) is 9.97 Å². The van der Waals surface area contributed by atoms with Crippen LogP contribution in [0.3, 0.4) is 0 Å². The summed E-state index contributed by atoms with van der Waals surface area (Å²) in [7, 11) is 0. The van der Waals surface area contributed by atoms with Gasteiger partial charge in [-0.15, -0.1) is 0 Å². The van der Waals surface area contributed by atoms with Gasteiger partial charge in [-0.25, -0.2) is 13.8 Å². The molecule has 0 aliphatic carbocycles. The van der Waals surface area contributed by atoms with Crippen molar-refractivity contribution in [1.29, 1.82) is 0 Å². The van der Waals surface area contributed by atoms with Gasteiger partial charge in [0.05, 0.1) is 17.2 Å². The molecular formula is C18H18F2N4O3S. The monoisotopic (exact) mass is 408 g/mol. The first-order valence-corrected chi connectivity index (χ1v) is 9.70. The van der Waals surface area contributed by atoms with E-state index in [0.717, 1.165) is 30.7 Å². The summed E-state index contributed by atoms with van der Waals surface area (Å²) < 4.78 is 26.8. The third-order valence-corrected chi connectivity index (χ3v) is 5.13. The lowest BCUT2D eigenvalue weighted by atomic mass is 9.92. The molecule has 1 atom stereocenters. The number of nitrogens with one attached hydrogen (secondary N) is 3. The van der Waals surface area contributed by atoms with Crippen LogP contribution in [0.2, 0.25) is 0 Å². The molecular weight excluding hydrogens is 390 g/mol. The van der Waals surface area contributed by atoms with Gasteiger partial charge in [0.1, 0.15) is 17.5 Å². The van der Waals surface area contributed by atoms with Crippen molar-refractivity contribution >= 4 is 35.1 Å². The number of halogens is 2. The van der Waals surface area contributed by atoms with Crippen molar-refractivity contribution in [2.45, 2.75) is 37.3 Å². The fourth-order valence-electron chi connectivity index (χ4n) is 2.77. The van der Waals surface area contributed by atoms with Crippen LogP contribution in [0.25, 0.3) is 0 Å². The highest BCUT2D eigenvalue weighted by atomic mass is 32.2. The van der Waals surface area contributed by atoms with Crippen molar-refractivity contribution in [2.24, 2.45) is 0 Å². The molecule has 2 heterocycles. The third kappa shape index (κ3) is 4.38. The minimum absolute atomic E-state index is 0.0134. The molecule has 28 heavy (non-hydrogen) atoms. The number of fused-ring (bicyclic) bond motifs is 1. The molecule has 0 bridgehead atoms. The summed E-state index contributed by atoms with van der Waals surface area (Å²) >= 11 is 1.35. The molecule has 148 valence electrons. The fourth-order valence-corrected chi connectivity index (χ4v) is 3.71. The Morgan fingerprint density at radius 1 is 1.36 bits per heavy atom. The van der Waals surface area contributed by atoms with Crippen molar-refractivity contribution in [3.8, 4) is 0 Å². The smallest absolute Gasteiger partial charge is 0.257 e. The van der Waals surface area contributed by atoms with Gasteiger partial charge in [0.25, 0.3) is 5.56 Å². The maximum absolute atomic E-state index is 13.8. The van der Waals surface area contributed by atoms with Crippen molar-refractivity contribution in [3.63, 3.8) is 0 Å². The predicted molar refractivity (Wildman–Crippen MR) is 101 cm³/mol. The van der Waals surface area contributed by atoms with Crippen LogP contribution in [0.5, 0.6) is 0 Å². The fraction of sp³-hybridized carbons (Fsp3) is 0.333. The molecule has 0 unspecified atom stereocenters. The Morgan fingerprint density at radius 3 is 2.86 bits per heavy atom. The Labute approximate surface area is 163 Å². The van der Waals surface area contributed by atoms with Gasteiger partial charge in [-0.05, 0) is 18.6 Å². The topological polar surface area (TPSA) is 104 Å². The Bertz CT molecular complexity index is 980. The van der Waals surface area contributed by atoms with Crippen LogP contribution in [-0.4, -0.2) is 27.5 Å². The lowest BCUT2D eigenvalue weighted by molar-refractivity contribution is -0.123. The molecule has 0 fully saturated rings. The van der Waals surface area contributed by atoms with Gasteiger partial charge < -0.3 is 15.6 Å². The Kier molecular flexibility index (Phi) is 6.08. The second-order valence-corrected chi connectivity index (χ2v) is 7.34. The minimum Gasteiger partial charge on any atom is -0.323 e. The predicted octanol–water partition coefficient (Wildman–Crippen LogP) is 3.00. The second-order valence-electron chi connectivity index (χ2n) is 6.25. The third-order valence-electron chi connectivity index (χ3n) is 4.17. The summed E-state index contributed by atoms with van der Waals surface area (Å²) in [6, 6.07) is 2.70. The number of hydrogen-bond acceptors (Lipinski definition) is 5. The van der Waals surface area contributed by atoms with Crippen molar-refractivity contribution < 1.29 is 18.4 Å². The van der Waals surface area contributed by atoms with Crippen LogP contribution in [0.4, 0.5) is 20.3 Å². The molecule has 2 amide bonds. The molecule has 1 aliphatic heterocycles. The lowest BCUT2D eigenvalue weighted by Crippen LogP contribution is -2.36. The lowest BCUT2D eigenvalue weighted by Gasteiger charge is -2.23. The van der Waals surface area contributed by atoms with Crippen molar-refractivity contribution in [3.05, 3.63) is 45.8 Å². The minimum atomic E-state index is -1.14. The number of anilines is 2. The van der Waals surface area contributed by atoms with E-state index in [9.17, 15) is 23.2 Å². The molecule has 2 aromatic rings. The molecule has 3 rings (SSSR count). The number of H-pyrrole nitrogens is 1. The van der Waals surface area contributed by atoms with E-state index in [1.807, 2.05) is 6.92 Å². The zero-order valence-electron chi connectivity index (χ0n) is 15.0. The van der Waals surface area contributed by atoms with E-state index in [0.29, 0.717) is 11.2 Å². The van der Waals surface area contributed by atoms with Crippen LogP contribution in [-0.2, 0) is 9.59 Å². The van der Waals surface area contributed by atoms with Gasteiger partial charge in [0.2, 0.25) is 11.8 Å². The molecule has 3 N–H and O–H groups in total. The van der Waals surface area contributed by atoms with Crippen LogP contribution in [0, 0.1) is 11.6 Å². The maximum atomic E-state index is 13.8. The quantitative estimate of drug-likeness (QED) is 0.387. The Balaban J connectivity index is 1.88. The molecule has 7 nitrogen and oxygen atoms in total. The van der Waals surface area contributed by atoms with E-state index >= 15 is 0 Å². The number of aromatic nitrogens is 2. The van der Waals surface area contributed by atoms with Gasteiger partial charge in [0.15, 0.2) is 5.16 Å². The van der Waals surface area contributed by atoms with E-state index in [2.05, 4.69) is 20.6 Å². The van der Waals surface area contributed by atoms with E-state index in [1.165, 1.54) is 11.8 Å². The molecule has 0 spiro atoms. The van der Waals surface area contributed by atoms with Gasteiger partial charge in [-0.2, -0.15) is 0 Å². The summed E-state index contributed by atoms with van der Waals surface area (Å²) in [6.07, 6.45) is 1.64. The van der Waals surface area contributed by atoms with Crippen LogP contribution < -0.4 is 16.2 Å². The summed E-state index contributed by atoms with van der Waals surface area (Å²) in [5, 5.41) is 5.17. The number of benzene rings is 1. The summed E-state index contributed by atoms with van der Waals surface area (Å²) in [5.41, 5.74) is -0.766. The number of amides is 2. The van der Waals surface area contributed by atoms with Crippen LogP contribution >= 0.6 is 11.8 Å². The van der Waals surface area contributed by atoms with Gasteiger partial charge >= 0.3 is 0 Å². The normalized spacial score (nSPS) is 15.7. The summed E-state index contributed by atoms with van der Waals surface area (Å²) in [5.74, 6) is -3.33. The van der Waals surface area contributed by atoms with E-state index in [1.54, 1.807) is 0 Å². The number of thioether (sulfide) groups is 1. The summed E-state index contributed by atoms with van der Waals surface area (Å²) in [6.45, 7) is 2.04. The highest BCUT2D eigenvalue weighted by Gasteiger charge is 2.35. The second kappa shape index (κ2) is 8.51. The molecule has 0 radical (unpaired) electrons. The van der Waals surface area contributed by atoms with E-state index in [4.69, 9.17) is 0 Å². The average Bonchev–Trinajstić information content (AvgIpc) is 2.63. The number of carbonyl (C=O) groups is 2. The highest BCUT2D eigenvalue weighted by molar-refractivity contribution is 7.99. The first kappa shape index (κ1) is 20.0. The maximum Gasteiger partial charge on any atom is 0.257 e. The number of rotatable bonds is 6. The largest absolute Gasteiger partial charge is 0.323 e. The molecule has 0 saturated carbocycles. The SMILES string of the molecule is CCCCSc1nc2c(c(=O)[nH]1)[C@@H](C(=O)Nc1ccc(F)cc1F)CC(=O)N2. The number of carbonyl (C=O) groups excluding carboxylic acids is 2. The standard InChI is InChI=1S/C18H18F2N4O3S/c1-2-3-6-28-18-23-15-14(17(27)24-18)10(8-13(25)22-15)16(26)21-12-5-4-9(19)7-11(12)20/h4-5,7,10H,2-3,6,8H2,1H3,(H,21,26)(H2,22,23,24,25,27)/t10-/m0/s1. The number of unbranched alkanes of at least 4 members (excludes halogenated alkanes) is 1. The zero-order valence-corrected chi connectivity index (χ0v) is 15.8. The highest BCUT2D eigenvalue weighted by Crippen LogP contribution is 2.30. The zero-order chi connectivity index (χ0) is 20.3. The van der Waals surface area contributed by atoms with Gasteiger partial charge in [0, 0.05) is 18.2 Å². The molecule has 1 aromatic heterocycles. The van der Waals surface area contributed by atoms with Crippen LogP contribution in [0.1, 0.15) is 37.7 Å². The average molecular weight is 408 g/mol. The first-order chi connectivity index (χ1) is 13.4. The van der Waals surface area contributed by atoms with E-state index in [-0.39, 0.29) is 23.5 Å². The first-order valence-electron chi connectivity index (χ1n) is 8.71.